The largest absolute Gasteiger partial charge is 0.497 e. The van der Waals surface area contributed by atoms with E-state index < -0.39 is 0 Å². The van der Waals surface area contributed by atoms with Gasteiger partial charge in [0.1, 0.15) is 40.6 Å². The summed E-state index contributed by atoms with van der Waals surface area (Å²) in [7, 11) is 3.14. The number of nitrogens with one attached hydrogen (secondary N) is 13. The number of H-pyrrole nitrogens is 4. The summed E-state index contributed by atoms with van der Waals surface area (Å²) < 4.78 is 38.2. The van der Waals surface area contributed by atoms with Gasteiger partial charge in [-0.15, -0.1) is 0 Å². The molecule has 0 unspecified atom stereocenters. The number of benzene rings is 6. The van der Waals surface area contributed by atoms with Crippen LogP contribution >= 0.6 is 0 Å². The van der Waals surface area contributed by atoms with E-state index in [9.17, 15) is 33.2 Å². The number of halogens is 1. The molecule has 0 radical (unpaired) electrons. The number of fused-ring (bicyclic) bond motifs is 4. The number of pyridine rings is 6. The molecule has 0 fully saturated rings. The second kappa shape index (κ2) is 44.2. The number of carbonyl (C=O) groups is 5. The number of anilines is 4. The Balaban J connectivity index is 0.000000139. The highest BCUT2D eigenvalue weighted by Crippen LogP contribution is 2.39. The first kappa shape index (κ1) is 93.5. The number of amides is 9. The van der Waals surface area contributed by atoms with Crippen molar-refractivity contribution in [2.75, 3.05) is 74.9 Å². The van der Waals surface area contributed by atoms with Crippen molar-refractivity contribution in [2.24, 2.45) is 0 Å². The van der Waals surface area contributed by atoms with Crippen LogP contribution in [0.5, 0.6) is 23.3 Å². The Morgan fingerprint density at radius 1 is 0.401 bits per heavy atom. The molecule has 12 aromatic heterocycles. The predicted molar refractivity (Wildman–Crippen MR) is 522 cm³/mol. The Morgan fingerprint density at radius 3 is 1.34 bits per heavy atom. The number of hydrogen-bond donors (Lipinski definition) is 13. The zero-order valence-corrected chi connectivity index (χ0v) is 76.0. The van der Waals surface area contributed by atoms with Crippen molar-refractivity contribution in [3.05, 3.63) is 283 Å². The number of urea groups is 4. The van der Waals surface area contributed by atoms with Gasteiger partial charge in [-0.25, -0.2) is 58.5 Å². The fourth-order valence-electron chi connectivity index (χ4n) is 14.7. The minimum atomic E-state index is -0.368. The lowest BCUT2D eigenvalue weighted by molar-refractivity contribution is 0.0946. The first-order chi connectivity index (χ1) is 66.7. The third-order valence-electron chi connectivity index (χ3n) is 20.9. The summed E-state index contributed by atoms with van der Waals surface area (Å²) >= 11 is 0. The van der Waals surface area contributed by atoms with Crippen molar-refractivity contribution in [2.45, 2.75) is 61.6 Å². The van der Waals surface area contributed by atoms with E-state index >= 15 is 0 Å². The summed E-state index contributed by atoms with van der Waals surface area (Å²) in [6.45, 7) is 17.0. The number of hydrogen-bond acceptors (Lipinski definition) is 22. The average molecular weight is 1840 g/mol. The van der Waals surface area contributed by atoms with Crippen LogP contribution < -0.4 is 72.4 Å². The third kappa shape index (κ3) is 23.4. The summed E-state index contributed by atoms with van der Waals surface area (Å²) in [4.78, 5) is 140. The average Bonchev–Trinajstić information content (AvgIpc) is 1.68. The number of imidazole rings is 5. The van der Waals surface area contributed by atoms with Gasteiger partial charge in [0.2, 0.25) is 23.8 Å². The fourth-order valence-corrected chi connectivity index (χ4v) is 14.7. The Hall–Kier alpha value is -18.1. The maximum atomic E-state index is 13.2. The first-order valence-corrected chi connectivity index (χ1v) is 43.8. The molecule has 0 atom stereocenters. The quantitative estimate of drug-likeness (QED) is 0.0227. The Labute approximate surface area is 783 Å². The lowest BCUT2D eigenvalue weighted by Crippen LogP contribution is -2.28. The van der Waals surface area contributed by atoms with E-state index in [2.05, 4.69) is 128 Å². The number of aromatic nitrogens is 18. The van der Waals surface area contributed by atoms with Crippen LogP contribution in [0.15, 0.2) is 249 Å². The topological polar surface area (TPSA) is 475 Å². The molecule has 0 aliphatic heterocycles. The van der Waals surface area contributed by atoms with Gasteiger partial charge in [0, 0.05) is 151 Å². The number of aromatic amines is 4. The van der Waals surface area contributed by atoms with E-state index in [1.54, 1.807) is 103 Å². The van der Waals surface area contributed by atoms with Crippen LogP contribution in [0.1, 0.15) is 68.9 Å². The molecule has 9 amide bonds. The number of ether oxygens (including phenoxy) is 4. The van der Waals surface area contributed by atoms with Crippen molar-refractivity contribution < 1.29 is 47.3 Å². The normalized spacial score (nSPS) is 10.8. The van der Waals surface area contributed by atoms with Gasteiger partial charge in [-0.2, -0.15) is 0 Å². The summed E-state index contributed by atoms with van der Waals surface area (Å²) in [6, 6.07) is 54.2. The van der Waals surface area contributed by atoms with Gasteiger partial charge >= 0.3 is 30.1 Å². The molecule has 694 valence electrons. The second-order valence-electron chi connectivity index (χ2n) is 30.3. The van der Waals surface area contributed by atoms with Crippen LogP contribution in [0.3, 0.4) is 0 Å². The SMILES string of the molecule is CCNC(=O)Nc1nc2c(-c3cc(OCC)ccn3)cc(-c3cccnc3)cc2[nH]1.CCNC(=O)Nc1nc2c(-c3cc(OCC)ccn3)cc(-c3cnc(OC)nc3)cc2[nH]1.CCNC(=O)Nc1nc2c(-c3ccccn3)cc(-c3cc(C)n(Cc4cccc(OC)c4)c(=O)c3)cc2[nH]1.CCNC(=O)Nc1nc2c(-c3ccccn3)cc(-n3cnc(C(=O)NCc4ccc(F)cc4)c3)cc2[nH]1. The molecule has 37 nitrogen and oxygen atoms in total. The van der Waals surface area contributed by atoms with E-state index in [1.807, 2.05) is 194 Å². The highest BCUT2D eigenvalue weighted by atomic mass is 19.1. The van der Waals surface area contributed by atoms with Gasteiger partial charge in [-0.05, 0) is 203 Å². The van der Waals surface area contributed by atoms with Crippen LogP contribution in [0.4, 0.5) is 47.4 Å². The molecule has 0 aliphatic rings. The summed E-state index contributed by atoms with van der Waals surface area (Å²) in [5.41, 5.74) is 20.1. The molecule has 18 rings (SSSR count). The van der Waals surface area contributed by atoms with Crippen LogP contribution in [0.2, 0.25) is 0 Å². The summed E-state index contributed by atoms with van der Waals surface area (Å²) in [5.74, 6) is 2.81. The Kier molecular flexibility index (Phi) is 30.2. The van der Waals surface area contributed by atoms with Crippen LogP contribution in [0.25, 0.3) is 128 Å². The molecule has 0 saturated heterocycles. The zero-order valence-electron chi connectivity index (χ0n) is 76.0. The Bertz CT molecular complexity index is 7380. The van der Waals surface area contributed by atoms with E-state index in [0.29, 0.717) is 126 Å². The van der Waals surface area contributed by atoms with Crippen LogP contribution in [-0.2, 0) is 13.1 Å². The van der Waals surface area contributed by atoms with Gasteiger partial charge in [-0.1, -0.05) is 42.5 Å². The van der Waals surface area contributed by atoms with Crippen molar-refractivity contribution >= 4 is 98.0 Å². The monoisotopic (exact) mass is 1840 g/mol. The number of nitrogens with zero attached hydrogens (tertiary/aromatic N) is 14. The summed E-state index contributed by atoms with van der Waals surface area (Å²) in [5, 5.41) is 24.4. The van der Waals surface area contributed by atoms with Gasteiger partial charge in [0.15, 0.2) is 0 Å². The number of methoxy groups -OCH3 is 2. The molecule has 0 bridgehead atoms. The second-order valence-corrected chi connectivity index (χ2v) is 30.3. The summed E-state index contributed by atoms with van der Waals surface area (Å²) in [6.07, 6.45) is 16.9. The minimum Gasteiger partial charge on any atom is -0.497 e. The fraction of sp³-hybridized carbons (Fsp3) is 0.172. The van der Waals surface area contributed by atoms with Gasteiger partial charge in [0.05, 0.1) is 95.4 Å². The molecule has 12 heterocycles. The van der Waals surface area contributed by atoms with Gasteiger partial charge < -0.3 is 74.6 Å². The van der Waals surface area contributed by atoms with E-state index in [0.717, 1.165) is 106 Å². The van der Waals surface area contributed by atoms with Gasteiger partial charge in [-0.3, -0.25) is 55.8 Å². The number of aryl methyl sites for hydroxylation is 1. The molecule has 0 saturated carbocycles. The van der Waals surface area contributed by atoms with Gasteiger partial charge in [0.25, 0.3) is 11.5 Å². The molecular weight excluding hydrogens is 1750 g/mol. The van der Waals surface area contributed by atoms with Crippen molar-refractivity contribution in [3.8, 4) is 107 Å². The van der Waals surface area contributed by atoms with Crippen LogP contribution in [-0.4, -0.2) is 173 Å². The zero-order chi connectivity index (χ0) is 95.9. The number of carbonyl (C=O) groups excluding carboxylic acids is 5. The van der Waals surface area contributed by atoms with Crippen LogP contribution in [0, 0.1) is 12.7 Å². The highest BCUT2D eigenvalue weighted by molar-refractivity contribution is 6.02. The predicted octanol–water partition coefficient (Wildman–Crippen LogP) is 16.8. The van der Waals surface area contributed by atoms with Crippen molar-refractivity contribution in [3.63, 3.8) is 0 Å². The van der Waals surface area contributed by atoms with E-state index in [4.69, 9.17) is 18.9 Å². The Morgan fingerprint density at radius 2 is 0.876 bits per heavy atom. The maximum absolute atomic E-state index is 13.2. The smallest absolute Gasteiger partial charge is 0.321 e. The van der Waals surface area contributed by atoms with E-state index in [-0.39, 0.29) is 59.7 Å². The number of rotatable bonds is 27. The molecule has 18 aromatic rings. The third-order valence-corrected chi connectivity index (χ3v) is 20.9. The molecule has 6 aromatic carbocycles. The molecule has 38 heteroatoms. The molecule has 137 heavy (non-hydrogen) atoms. The minimum absolute atomic E-state index is 0.106. The molecule has 0 spiro atoms. The first-order valence-electron chi connectivity index (χ1n) is 43.8. The van der Waals surface area contributed by atoms with Crippen molar-refractivity contribution in [1.82, 2.24) is 115 Å². The molecule has 13 N–H and O–H groups in total. The lowest BCUT2D eigenvalue weighted by Gasteiger charge is -2.13. The molecular formula is C99H96FN27O10. The van der Waals surface area contributed by atoms with E-state index in [1.165, 1.54) is 19.2 Å². The van der Waals surface area contributed by atoms with Crippen molar-refractivity contribution in [1.29, 1.82) is 0 Å². The highest BCUT2D eigenvalue weighted by Gasteiger charge is 2.23. The molecule has 0 aliphatic carbocycles. The standard InChI is InChI=1S/C29H28N6O3.C26H23FN8O2.C22H23N7O3.C22H22N6O2/c1-4-30-29(37)34-28-32-25-15-21(14-23(27(25)33-28)24-10-5-6-11-31-24)20-12-18(2)35(26(36)16-20)17-19-8-7-9-22(13-19)38-3;1-2-28-26(37)34-25-32-21-12-18(11-19(23(21)33-25)20-5-3-4-10-29-20)35-14-22(31-15-35)24(36)30-13-16-6-8-17(27)9-7-16;1-4-23-21(30)29-20-27-18-9-13(14-11-25-22(31-3)26-12-14)8-16(19(18)28-20)17-10-15(32-5-2)6-7-24-17;1-3-24-22(29)28-21-26-19-11-15(14-6-5-8-23-13-14)10-17(20(19)27-21)18-12-16(30-4-2)7-9-25-18/h5-16H,4,17H2,1-3H3,(H3,30,32,33,34,37);3-12,14-15H,2,13H2,1H3,(H,30,36)(H3,28,32,33,34,37);6-12H,4-5H2,1-3H3,(H3,23,27,28,29,30);5-13H,3-4H2,1-2H3,(H3,24,26,27,28,29). The lowest BCUT2D eigenvalue weighted by atomic mass is 9.99. The maximum Gasteiger partial charge on any atom is 0.321 e.